The van der Waals surface area contributed by atoms with Crippen LogP contribution in [-0.4, -0.2) is 38.4 Å². The van der Waals surface area contributed by atoms with Gasteiger partial charge in [0.2, 0.25) is 0 Å². The number of allylic oxidation sites excluding steroid dienone is 1. The maximum atomic E-state index is 14.0. The molecule has 1 aliphatic carbocycles. The zero-order valence-corrected chi connectivity index (χ0v) is 28.3. The fourth-order valence-electron chi connectivity index (χ4n) is 5.57. The van der Waals surface area contributed by atoms with Gasteiger partial charge >= 0.3 is 0 Å². The number of hydrogen-bond donors (Lipinski definition) is 1. The van der Waals surface area contributed by atoms with Crippen LogP contribution in [0.25, 0.3) is 39.1 Å². The second-order valence-electron chi connectivity index (χ2n) is 11.2. The fourth-order valence-corrected chi connectivity index (χ4v) is 5.86. The van der Waals surface area contributed by atoms with Gasteiger partial charge in [-0.2, -0.15) is 0 Å². The highest BCUT2D eigenvalue weighted by Crippen LogP contribution is 2.35. The van der Waals surface area contributed by atoms with Crippen LogP contribution in [0.4, 0.5) is 14.5 Å². The van der Waals surface area contributed by atoms with Crippen molar-refractivity contribution in [1.82, 2.24) is 19.4 Å². The minimum atomic E-state index is -0.399. The van der Waals surface area contributed by atoms with Gasteiger partial charge in [0, 0.05) is 30.6 Å². The molecule has 7 rings (SSSR count). The summed E-state index contributed by atoms with van der Waals surface area (Å²) in [5, 5.41) is 1.35. The maximum Gasteiger partial charge on any atom is 0.162 e. The van der Waals surface area contributed by atoms with E-state index in [9.17, 15) is 8.78 Å². The van der Waals surface area contributed by atoms with Crippen molar-refractivity contribution in [2.24, 2.45) is 0 Å². The molecule has 0 atom stereocenters. The van der Waals surface area contributed by atoms with Gasteiger partial charge in [0.05, 0.1) is 27.9 Å². The number of aryl methyl sites for hydroxylation is 1. The van der Waals surface area contributed by atoms with Crippen LogP contribution in [0.1, 0.15) is 50.3 Å². The van der Waals surface area contributed by atoms with Crippen LogP contribution in [0, 0.1) is 18.6 Å². The third-order valence-electron chi connectivity index (χ3n) is 7.50. The van der Waals surface area contributed by atoms with Crippen molar-refractivity contribution in [1.29, 1.82) is 0 Å². The van der Waals surface area contributed by atoms with Gasteiger partial charge in [-0.15, -0.1) is 0 Å². The molecule has 0 radical (unpaired) electrons. The Morgan fingerprint density at radius 2 is 1.51 bits per heavy atom. The van der Waals surface area contributed by atoms with Crippen molar-refractivity contribution in [3.05, 3.63) is 111 Å². The highest BCUT2D eigenvalue weighted by Gasteiger charge is 2.20. The van der Waals surface area contributed by atoms with E-state index >= 15 is 0 Å². The summed E-state index contributed by atoms with van der Waals surface area (Å²) in [6, 6.07) is 18.8. The van der Waals surface area contributed by atoms with Gasteiger partial charge < -0.3 is 15.2 Å². The van der Waals surface area contributed by atoms with Crippen molar-refractivity contribution in [2.45, 2.75) is 46.8 Å². The molecule has 0 fully saturated rings. The Labute approximate surface area is 282 Å². The SMILES string of the molecule is CCOC(C)(C)OCC.Cc1nc2ccc(Cl)nc2c2cc3c(F)cccc3n12.Nc1ccc(Cl)nc1C1=Cc2c(F)cccc2C1. The van der Waals surface area contributed by atoms with Crippen molar-refractivity contribution >= 4 is 68.0 Å². The molecule has 11 heteroatoms. The summed E-state index contributed by atoms with van der Waals surface area (Å²) in [6.07, 6.45) is 2.42. The molecule has 0 amide bonds. The monoisotopic (exact) mass is 677 g/mol. The average Bonchev–Trinajstić information content (AvgIpc) is 3.64. The highest BCUT2D eigenvalue weighted by atomic mass is 35.5. The molecule has 0 spiro atoms. The first-order chi connectivity index (χ1) is 22.4. The van der Waals surface area contributed by atoms with Gasteiger partial charge in [-0.1, -0.05) is 41.4 Å². The number of nitrogens with two attached hydrogens (primary N) is 1. The minimum absolute atomic E-state index is 0.219. The van der Waals surface area contributed by atoms with Gasteiger partial charge in [0.25, 0.3) is 0 Å². The fraction of sp³-hybridized carbons (Fsp3) is 0.250. The quantitative estimate of drug-likeness (QED) is 0.144. The summed E-state index contributed by atoms with van der Waals surface area (Å²) in [6.45, 7) is 11.0. The molecule has 0 unspecified atom stereocenters. The first-order valence-corrected chi connectivity index (χ1v) is 15.9. The van der Waals surface area contributed by atoms with E-state index in [0.717, 1.165) is 33.5 Å². The first kappa shape index (κ1) is 34.2. The van der Waals surface area contributed by atoms with Crippen LogP contribution in [0.15, 0.2) is 66.7 Å². The smallest absolute Gasteiger partial charge is 0.162 e. The number of nitrogens with zero attached hydrogens (tertiary/aromatic N) is 4. The van der Waals surface area contributed by atoms with Crippen LogP contribution in [0.3, 0.4) is 0 Å². The Balaban J connectivity index is 0.000000149. The predicted molar refractivity (Wildman–Crippen MR) is 187 cm³/mol. The van der Waals surface area contributed by atoms with Crippen LogP contribution < -0.4 is 5.73 Å². The molecule has 244 valence electrons. The molecular weight excluding hydrogens is 643 g/mol. The van der Waals surface area contributed by atoms with Crippen LogP contribution in [0.2, 0.25) is 10.3 Å². The average molecular weight is 679 g/mol. The normalized spacial score (nSPS) is 12.4. The number of aromatic nitrogens is 4. The maximum absolute atomic E-state index is 14.0. The number of anilines is 1. The van der Waals surface area contributed by atoms with E-state index in [-0.39, 0.29) is 11.6 Å². The van der Waals surface area contributed by atoms with Crippen molar-refractivity contribution in [3.63, 3.8) is 0 Å². The first-order valence-electron chi connectivity index (χ1n) is 15.1. The molecule has 0 bridgehead atoms. The van der Waals surface area contributed by atoms with Gasteiger partial charge in [-0.25, -0.2) is 23.7 Å². The lowest BCUT2D eigenvalue weighted by Crippen LogP contribution is -2.28. The van der Waals surface area contributed by atoms with E-state index < -0.39 is 5.79 Å². The molecule has 47 heavy (non-hydrogen) atoms. The van der Waals surface area contributed by atoms with Crippen LogP contribution in [0.5, 0.6) is 0 Å². The lowest BCUT2D eigenvalue weighted by molar-refractivity contribution is -0.207. The number of halogens is 4. The largest absolute Gasteiger partial charge is 0.397 e. The zero-order valence-electron chi connectivity index (χ0n) is 26.7. The molecule has 4 aromatic heterocycles. The van der Waals surface area contributed by atoms with Crippen molar-refractivity contribution < 1.29 is 18.3 Å². The molecule has 6 aromatic rings. The van der Waals surface area contributed by atoms with Crippen molar-refractivity contribution in [2.75, 3.05) is 18.9 Å². The Morgan fingerprint density at radius 1 is 0.851 bits per heavy atom. The Morgan fingerprint density at radius 3 is 2.21 bits per heavy atom. The molecule has 4 heterocycles. The topological polar surface area (TPSA) is 87.6 Å². The number of rotatable bonds is 5. The molecular formula is C36H35Cl2F2N5O2. The zero-order chi connectivity index (χ0) is 33.9. The number of pyridine rings is 2. The number of fused-ring (bicyclic) bond motifs is 6. The highest BCUT2D eigenvalue weighted by molar-refractivity contribution is 6.30. The van der Waals surface area contributed by atoms with E-state index in [1.807, 2.05) is 57.2 Å². The molecule has 0 aliphatic heterocycles. The lowest BCUT2D eigenvalue weighted by Gasteiger charge is -2.23. The Kier molecular flexibility index (Phi) is 10.4. The summed E-state index contributed by atoms with van der Waals surface area (Å²) < 4.78 is 40.0. The predicted octanol–water partition coefficient (Wildman–Crippen LogP) is 9.49. The standard InChI is InChI=1S/C15H9ClFN3.C14H10ClFN2.C7H16O2/c1-8-18-11-5-6-14(16)19-15(11)13-7-9-10(17)3-2-4-12(9)20(8)13;15-13-5-4-12(17)14(18-13)9-6-8-2-1-3-11(16)10(8)7-9;1-5-8-7(3,4)9-6-2/h2-7H,1H3;1-5,7H,6,17H2;5-6H2,1-4H3. The second kappa shape index (κ2) is 14.3. The van der Waals surface area contributed by atoms with Gasteiger partial charge in [-0.3, -0.25) is 4.40 Å². The lowest BCUT2D eigenvalue weighted by atomic mass is 10.1. The third-order valence-corrected chi connectivity index (χ3v) is 7.93. The summed E-state index contributed by atoms with van der Waals surface area (Å²) in [5.41, 5.74) is 12.6. The van der Waals surface area contributed by atoms with E-state index in [1.54, 1.807) is 42.5 Å². The minimum Gasteiger partial charge on any atom is -0.397 e. The summed E-state index contributed by atoms with van der Waals surface area (Å²) >= 11 is 11.8. The molecule has 2 N–H and O–H groups in total. The molecule has 0 saturated carbocycles. The number of benzene rings is 2. The number of ether oxygens (including phenoxy) is 2. The van der Waals surface area contributed by atoms with Gasteiger partial charge in [0.1, 0.15) is 33.3 Å². The van der Waals surface area contributed by atoms with Crippen LogP contribution in [-0.2, 0) is 15.9 Å². The summed E-state index contributed by atoms with van der Waals surface area (Å²) in [7, 11) is 0. The van der Waals surface area contributed by atoms with Crippen LogP contribution >= 0.6 is 23.2 Å². The van der Waals surface area contributed by atoms with E-state index in [4.69, 9.17) is 38.4 Å². The summed E-state index contributed by atoms with van der Waals surface area (Å²) in [5.74, 6) is -0.0788. The second-order valence-corrected chi connectivity index (χ2v) is 12.0. The third kappa shape index (κ3) is 7.55. The molecule has 1 aliphatic rings. The van der Waals surface area contributed by atoms with Gasteiger partial charge in [-0.05, 0) is 100 Å². The van der Waals surface area contributed by atoms with E-state index in [0.29, 0.717) is 57.8 Å². The Bertz CT molecular complexity index is 2110. The number of nitrogen functional groups attached to an aromatic ring is 1. The van der Waals surface area contributed by atoms with E-state index in [1.165, 1.54) is 12.1 Å². The number of hydrogen-bond acceptors (Lipinski definition) is 6. The van der Waals surface area contributed by atoms with Gasteiger partial charge in [0.15, 0.2) is 5.79 Å². The molecule has 2 aromatic carbocycles. The molecule has 7 nitrogen and oxygen atoms in total. The van der Waals surface area contributed by atoms with Crippen molar-refractivity contribution in [3.8, 4) is 0 Å². The summed E-state index contributed by atoms with van der Waals surface area (Å²) in [4.78, 5) is 13.1. The van der Waals surface area contributed by atoms with E-state index in [2.05, 4.69) is 15.0 Å². The Hall–Kier alpha value is -4.15. The molecule has 0 saturated heterocycles.